The van der Waals surface area contributed by atoms with Gasteiger partial charge >= 0.3 is 0 Å². The highest BCUT2D eigenvalue weighted by atomic mass is 16.5. The lowest BCUT2D eigenvalue weighted by Crippen LogP contribution is -2.36. The van der Waals surface area contributed by atoms with E-state index in [0.29, 0.717) is 11.7 Å². The van der Waals surface area contributed by atoms with Crippen LogP contribution in [-0.4, -0.2) is 42.2 Å². The Bertz CT molecular complexity index is 813. The normalized spacial score (nSPS) is 21.1. The van der Waals surface area contributed by atoms with Gasteiger partial charge in [0.1, 0.15) is 5.75 Å². The van der Waals surface area contributed by atoms with Crippen LogP contribution in [0.5, 0.6) is 5.75 Å². The van der Waals surface area contributed by atoms with Crippen molar-refractivity contribution in [3.05, 3.63) is 47.3 Å². The number of amides is 1. The highest BCUT2D eigenvalue weighted by Crippen LogP contribution is 2.29. The van der Waals surface area contributed by atoms with E-state index >= 15 is 0 Å². The molecule has 0 spiro atoms. The van der Waals surface area contributed by atoms with Gasteiger partial charge in [0.25, 0.3) is 5.91 Å². The Morgan fingerprint density at radius 1 is 1.21 bits per heavy atom. The molecule has 1 saturated heterocycles. The zero-order valence-corrected chi connectivity index (χ0v) is 17.2. The number of para-hydroxylation sites is 1. The second-order valence-electron chi connectivity index (χ2n) is 8.31. The number of aromatic nitrogens is 1. The first-order valence-electron chi connectivity index (χ1n) is 10.8. The van der Waals surface area contributed by atoms with Gasteiger partial charge in [-0.25, -0.2) is 0 Å². The van der Waals surface area contributed by atoms with E-state index in [1.807, 2.05) is 24.3 Å². The number of ether oxygens (including phenoxy) is 1. The molecule has 1 aromatic heterocycles. The van der Waals surface area contributed by atoms with E-state index in [1.165, 1.54) is 24.8 Å². The molecular formula is C23H31N3O3. The molecule has 1 saturated carbocycles. The molecule has 2 aromatic rings. The van der Waals surface area contributed by atoms with E-state index in [2.05, 4.69) is 21.4 Å². The average molecular weight is 398 g/mol. The van der Waals surface area contributed by atoms with Crippen molar-refractivity contribution in [2.75, 3.05) is 20.2 Å². The van der Waals surface area contributed by atoms with E-state index in [0.717, 1.165) is 56.8 Å². The molecule has 2 heterocycles. The standard InChI is InChI=1S/C23H31N3O3/c1-28-21-12-6-5-8-18(21)16-26-13-7-9-17(15-26)20-14-22(29-25-20)23(27)24-19-10-3-2-4-11-19/h5-6,8,12,14,17,19H,2-4,7,9-11,13,15-16H2,1H3,(H,24,27). The maximum atomic E-state index is 12.5. The van der Waals surface area contributed by atoms with Crippen molar-refractivity contribution in [1.29, 1.82) is 0 Å². The Morgan fingerprint density at radius 2 is 2.03 bits per heavy atom. The van der Waals surface area contributed by atoms with Gasteiger partial charge in [-0.05, 0) is 38.3 Å². The van der Waals surface area contributed by atoms with Crippen molar-refractivity contribution in [3.8, 4) is 5.75 Å². The van der Waals surface area contributed by atoms with Crippen LogP contribution < -0.4 is 10.1 Å². The van der Waals surface area contributed by atoms with Gasteiger partial charge in [0.2, 0.25) is 5.76 Å². The average Bonchev–Trinajstić information content (AvgIpc) is 3.26. The third kappa shape index (κ3) is 4.99. The van der Waals surface area contributed by atoms with Crippen LogP contribution in [-0.2, 0) is 6.54 Å². The Labute approximate surface area is 172 Å². The summed E-state index contributed by atoms with van der Waals surface area (Å²) in [5, 5.41) is 7.35. The second-order valence-corrected chi connectivity index (χ2v) is 8.31. The predicted octanol–water partition coefficient (Wildman–Crippen LogP) is 4.13. The molecule has 156 valence electrons. The molecule has 1 unspecified atom stereocenters. The molecule has 2 aliphatic rings. The Kier molecular flexibility index (Phi) is 6.49. The topological polar surface area (TPSA) is 67.6 Å². The number of piperidine rings is 1. The minimum absolute atomic E-state index is 0.127. The molecule has 1 aromatic carbocycles. The first kappa shape index (κ1) is 20.0. The zero-order chi connectivity index (χ0) is 20.1. The summed E-state index contributed by atoms with van der Waals surface area (Å²) in [5.74, 6) is 1.43. The lowest BCUT2D eigenvalue weighted by molar-refractivity contribution is 0.0890. The smallest absolute Gasteiger partial charge is 0.290 e. The lowest BCUT2D eigenvalue weighted by Gasteiger charge is -2.32. The largest absolute Gasteiger partial charge is 0.496 e. The van der Waals surface area contributed by atoms with Crippen molar-refractivity contribution in [2.24, 2.45) is 0 Å². The lowest BCUT2D eigenvalue weighted by atomic mass is 9.94. The van der Waals surface area contributed by atoms with Gasteiger partial charge in [-0.1, -0.05) is 42.6 Å². The first-order valence-corrected chi connectivity index (χ1v) is 10.8. The minimum atomic E-state index is -0.127. The fourth-order valence-electron chi connectivity index (χ4n) is 4.61. The van der Waals surface area contributed by atoms with Crippen LogP contribution in [0.15, 0.2) is 34.9 Å². The predicted molar refractivity (Wildman–Crippen MR) is 111 cm³/mol. The summed E-state index contributed by atoms with van der Waals surface area (Å²) in [6.45, 7) is 2.82. The van der Waals surface area contributed by atoms with Crippen LogP contribution in [0.4, 0.5) is 0 Å². The van der Waals surface area contributed by atoms with E-state index < -0.39 is 0 Å². The van der Waals surface area contributed by atoms with Gasteiger partial charge in [-0.15, -0.1) is 0 Å². The quantitative estimate of drug-likeness (QED) is 0.794. The number of hydrogen-bond acceptors (Lipinski definition) is 5. The third-order valence-corrected chi connectivity index (χ3v) is 6.20. The van der Waals surface area contributed by atoms with Crippen molar-refractivity contribution in [3.63, 3.8) is 0 Å². The van der Waals surface area contributed by atoms with Crippen LogP contribution in [0.1, 0.15) is 72.7 Å². The number of nitrogens with one attached hydrogen (secondary N) is 1. The molecule has 0 radical (unpaired) electrons. The molecule has 1 N–H and O–H groups in total. The van der Waals surface area contributed by atoms with Crippen molar-refractivity contribution >= 4 is 5.91 Å². The van der Waals surface area contributed by atoms with E-state index in [1.54, 1.807) is 7.11 Å². The van der Waals surface area contributed by atoms with Crippen LogP contribution in [0, 0.1) is 0 Å². The first-order chi connectivity index (χ1) is 14.2. The Morgan fingerprint density at radius 3 is 2.86 bits per heavy atom. The third-order valence-electron chi connectivity index (χ3n) is 6.20. The highest BCUT2D eigenvalue weighted by Gasteiger charge is 2.26. The van der Waals surface area contributed by atoms with Gasteiger partial charge < -0.3 is 14.6 Å². The number of hydrogen-bond donors (Lipinski definition) is 1. The molecule has 6 heteroatoms. The molecule has 0 bridgehead atoms. The van der Waals surface area contributed by atoms with Crippen LogP contribution in [0.25, 0.3) is 0 Å². The fraction of sp³-hybridized carbons (Fsp3) is 0.565. The number of rotatable bonds is 6. The summed E-state index contributed by atoms with van der Waals surface area (Å²) < 4.78 is 10.9. The second kappa shape index (κ2) is 9.44. The summed E-state index contributed by atoms with van der Waals surface area (Å²) in [6.07, 6.45) is 7.95. The monoisotopic (exact) mass is 397 g/mol. The molecule has 1 aliphatic carbocycles. The minimum Gasteiger partial charge on any atom is -0.496 e. The van der Waals surface area contributed by atoms with E-state index in [4.69, 9.17) is 9.26 Å². The molecule has 29 heavy (non-hydrogen) atoms. The van der Waals surface area contributed by atoms with Crippen LogP contribution >= 0.6 is 0 Å². The molecule has 1 amide bonds. The van der Waals surface area contributed by atoms with Gasteiger partial charge in [0.05, 0.1) is 12.8 Å². The molecule has 1 atom stereocenters. The summed E-state index contributed by atoms with van der Waals surface area (Å²) in [4.78, 5) is 14.9. The van der Waals surface area contributed by atoms with Gasteiger partial charge in [0, 0.05) is 36.7 Å². The summed E-state index contributed by atoms with van der Waals surface area (Å²) in [6, 6.07) is 10.3. The van der Waals surface area contributed by atoms with E-state index in [-0.39, 0.29) is 11.9 Å². The molecule has 4 rings (SSSR count). The number of benzene rings is 1. The van der Waals surface area contributed by atoms with Crippen molar-refractivity contribution in [1.82, 2.24) is 15.4 Å². The number of carbonyl (C=O) groups excluding carboxylic acids is 1. The SMILES string of the molecule is COc1ccccc1CN1CCCC(c2cc(C(=O)NC3CCCCC3)on2)C1. The Hall–Kier alpha value is -2.34. The van der Waals surface area contributed by atoms with Crippen LogP contribution in [0.3, 0.4) is 0 Å². The molecule has 1 aliphatic heterocycles. The zero-order valence-electron chi connectivity index (χ0n) is 17.2. The highest BCUT2D eigenvalue weighted by molar-refractivity contribution is 5.91. The molecule has 2 fully saturated rings. The number of carbonyl (C=O) groups is 1. The van der Waals surface area contributed by atoms with Gasteiger partial charge in [-0.3, -0.25) is 9.69 Å². The number of nitrogens with zero attached hydrogens (tertiary/aromatic N) is 2. The maximum Gasteiger partial charge on any atom is 0.290 e. The summed E-state index contributed by atoms with van der Waals surface area (Å²) in [5.41, 5.74) is 2.09. The fourth-order valence-corrected chi connectivity index (χ4v) is 4.61. The van der Waals surface area contributed by atoms with Gasteiger partial charge in [-0.2, -0.15) is 0 Å². The number of likely N-dealkylation sites (tertiary alicyclic amines) is 1. The van der Waals surface area contributed by atoms with Crippen molar-refractivity contribution < 1.29 is 14.1 Å². The molecule has 6 nitrogen and oxygen atoms in total. The number of methoxy groups -OCH3 is 1. The molecular weight excluding hydrogens is 366 g/mol. The van der Waals surface area contributed by atoms with Crippen LogP contribution in [0.2, 0.25) is 0 Å². The van der Waals surface area contributed by atoms with Gasteiger partial charge in [0.15, 0.2) is 0 Å². The van der Waals surface area contributed by atoms with E-state index in [9.17, 15) is 4.79 Å². The maximum absolute atomic E-state index is 12.5. The van der Waals surface area contributed by atoms with Crippen molar-refractivity contribution in [2.45, 2.75) is 63.5 Å². The summed E-state index contributed by atoms with van der Waals surface area (Å²) in [7, 11) is 1.72. The Balaban J connectivity index is 1.36. The summed E-state index contributed by atoms with van der Waals surface area (Å²) >= 11 is 0.